The topological polar surface area (TPSA) is 49.6 Å². The van der Waals surface area contributed by atoms with Crippen LogP contribution in [0.5, 0.6) is 0 Å². The second-order valence-corrected chi connectivity index (χ2v) is 4.24. The first-order chi connectivity index (χ1) is 8.32. The van der Waals surface area contributed by atoms with Crippen molar-refractivity contribution in [3.05, 3.63) is 23.8 Å². The molecule has 0 saturated heterocycles. The molecule has 0 heterocycles. The number of rotatable bonds is 4. The summed E-state index contributed by atoms with van der Waals surface area (Å²) in [5.74, 6) is -0.465. The number of nitrogens with zero attached hydrogens (tertiary/aromatic N) is 2. The first-order valence-corrected chi connectivity index (χ1v) is 5.43. The van der Waals surface area contributed by atoms with Crippen molar-refractivity contribution in [3.8, 4) is 0 Å². The van der Waals surface area contributed by atoms with Crippen molar-refractivity contribution in [2.24, 2.45) is 0 Å². The molecule has 0 bridgehead atoms. The number of alkyl halides is 2. The van der Waals surface area contributed by atoms with Gasteiger partial charge in [-0.3, -0.25) is 4.79 Å². The fourth-order valence-electron chi connectivity index (χ4n) is 1.61. The lowest BCUT2D eigenvalue weighted by molar-refractivity contribution is 0.0620. The number of benzene rings is 1. The largest absolute Gasteiger partial charge is 0.397 e. The van der Waals surface area contributed by atoms with Gasteiger partial charge in [0.25, 0.3) is 12.3 Å². The third-order valence-electron chi connectivity index (χ3n) is 2.51. The summed E-state index contributed by atoms with van der Waals surface area (Å²) in [4.78, 5) is 14.6. The van der Waals surface area contributed by atoms with Crippen LogP contribution in [0.1, 0.15) is 10.4 Å². The highest BCUT2D eigenvalue weighted by Gasteiger charge is 2.16. The van der Waals surface area contributed by atoms with Crippen LogP contribution in [0, 0.1) is 0 Å². The van der Waals surface area contributed by atoms with Gasteiger partial charge in [0.15, 0.2) is 0 Å². The maximum absolute atomic E-state index is 12.2. The molecule has 0 fully saturated rings. The maximum Gasteiger partial charge on any atom is 0.255 e. The number of nitrogen functional groups attached to an aromatic ring is 1. The summed E-state index contributed by atoms with van der Waals surface area (Å²) in [7, 11) is 5.00. The number of carbonyl (C=O) groups is 1. The van der Waals surface area contributed by atoms with Gasteiger partial charge in [-0.2, -0.15) is 0 Å². The van der Waals surface area contributed by atoms with Crippen LogP contribution in [0.25, 0.3) is 0 Å². The summed E-state index contributed by atoms with van der Waals surface area (Å²) in [5.41, 5.74) is 7.33. The smallest absolute Gasteiger partial charge is 0.255 e. The normalized spacial score (nSPS) is 10.6. The Balaban J connectivity index is 2.91. The Bertz CT molecular complexity index is 435. The van der Waals surface area contributed by atoms with Crippen LogP contribution in [0.15, 0.2) is 18.2 Å². The Morgan fingerprint density at radius 1 is 1.33 bits per heavy atom. The van der Waals surface area contributed by atoms with E-state index in [9.17, 15) is 13.6 Å². The van der Waals surface area contributed by atoms with Gasteiger partial charge in [-0.05, 0) is 18.2 Å². The summed E-state index contributed by atoms with van der Waals surface area (Å²) < 4.78 is 24.4. The molecular weight excluding hydrogens is 240 g/mol. The Labute approximate surface area is 105 Å². The Morgan fingerprint density at radius 2 is 1.94 bits per heavy atom. The third kappa shape index (κ3) is 3.32. The third-order valence-corrected chi connectivity index (χ3v) is 2.51. The summed E-state index contributed by atoms with van der Waals surface area (Å²) in [6.45, 7) is -0.589. The molecule has 0 aliphatic heterocycles. The molecule has 0 unspecified atom stereocenters. The van der Waals surface area contributed by atoms with E-state index >= 15 is 0 Å². The molecule has 100 valence electrons. The van der Waals surface area contributed by atoms with Gasteiger partial charge < -0.3 is 15.5 Å². The number of halogens is 2. The summed E-state index contributed by atoms with van der Waals surface area (Å²) in [6.07, 6.45) is -2.54. The van der Waals surface area contributed by atoms with Crippen molar-refractivity contribution < 1.29 is 13.6 Å². The van der Waals surface area contributed by atoms with Crippen LogP contribution in [-0.2, 0) is 0 Å². The predicted octanol–water partition coefficient (Wildman–Crippen LogP) is 1.67. The molecule has 1 amide bonds. The number of nitrogens with two attached hydrogens (primary N) is 1. The minimum Gasteiger partial charge on any atom is -0.397 e. The minimum absolute atomic E-state index is 0.307. The number of amides is 1. The fraction of sp³-hybridized carbons (Fsp3) is 0.417. The molecule has 0 spiro atoms. The first-order valence-electron chi connectivity index (χ1n) is 5.43. The Kier molecular flexibility index (Phi) is 4.47. The standard InChI is InChI=1S/C12H17F2N3O/c1-16(2)10-5-4-8(6-9(10)15)12(18)17(3)7-11(13)14/h4-6,11H,7,15H2,1-3H3. The maximum atomic E-state index is 12.2. The van der Waals surface area contributed by atoms with Gasteiger partial charge in [0, 0.05) is 26.7 Å². The van der Waals surface area contributed by atoms with Gasteiger partial charge in [0.05, 0.1) is 17.9 Å². The average molecular weight is 257 g/mol. The molecule has 18 heavy (non-hydrogen) atoms. The van der Waals surface area contributed by atoms with E-state index in [-0.39, 0.29) is 0 Å². The van der Waals surface area contributed by atoms with Crippen LogP contribution < -0.4 is 10.6 Å². The summed E-state index contributed by atoms with van der Waals surface area (Å²) in [5, 5.41) is 0. The zero-order valence-corrected chi connectivity index (χ0v) is 10.7. The lowest BCUT2D eigenvalue weighted by Gasteiger charge is -2.19. The quantitative estimate of drug-likeness (QED) is 0.835. The summed E-state index contributed by atoms with van der Waals surface area (Å²) in [6, 6.07) is 4.77. The average Bonchev–Trinajstić information content (AvgIpc) is 2.26. The van der Waals surface area contributed by atoms with Gasteiger partial charge in [0.1, 0.15) is 0 Å². The lowest BCUT2D eigenvalue weighted by atomic mass is 10.1. The molecule has 0 atom stereocenters. The van der Waals surface area contributed by atoms with Gasteiger partial charge in [0.2, 0.25) is 0 Å². The number of hydrogen-bond donors (Lipinski definition) is 1. The zero-order valence-electron chi connectivity index (χ0n) is 10.7. The molecular formula is C12H17F2N3O. The molecule has 0 aliphatic rings. The van der Waals surface area contributed by atoms with E-state index < -0.39 is 18.9 Å². The minimum atomic E-state index is -2.54. The van der Waals surface area contributed by atoms with Crippen molar-refractivity contribution in [1.29, 1.82) is 0 Å². The first kappa shape index (κ1) is 14.2. The lowest BCUT2D eigenvalue weighted by Crippen LogP contribution is -2.31. The number of hydrogen-bond acceptors (Lipinski definition) is 3. The van der Waals surface area contributed by atoms with Gasteiger partial charge in [-0.25, -0.2) is 8.78 Å². The van der Waals surface area contributed by atoms with E-state index in [1.165, 1.54) is 13.1 Å². The highest BCUT2D eigenvalue weighted by atomic mass is 19.3. The van der Waals surface area contributed by atoms with Crippen molar-refractivity contribution in [2.45, 2.75) is 6.43 Å². The van der Waals surface area contributed by atoms with E-state index in [0.717, 1.165) is 10.6 Å². The van der Waals surface area contributed by atoms with E-state index in [1.54, 1.807) is 12.1 Å². The molecule has 0 aromatic heterocycles. The van der Waals surface area contributed by atoms with Gasteiger partial charge >= 0.3 is 0 Å². The second kappa shape index (κ2) is 5.66. The molecule has 6 heteroatoms. The SMILES string of the molecule is CN(CC(F)F)C(=O)c1ccc(N(C)C)c(N)c1. The fourth-order valence-corrected chi connectivity index (χ4v) is 1.61. The van der Waals surface area contributed by atoms with Crippen molar-refractivity contribution in [3.63, 3.8) is 0 Å². The van der Waals surface area contributed by atoms with Crippen LogP contribution in [0.4, 0.5) is 20.2 Å². The molecule has 0 radical (unpaired) electrons. The van der Waals surface area contributed by atoms with E-state index in [4.69, 9.17) is 5.73 Å². The van der Waals surface area contributed by atoms with Crippen molar-refractivity contribution in [1.82, 2.24) is 4.90 Å². The zero-order chi connectivity index (χ0) is 13.9. The van der Waals surface area contributed by atoms with Crippen LogP contribution in [-0.4, -0.2) is 44.9 Å². The summed E-state index contributed by atoms with van der Waals surface area (Å²) >= 11 is 0. The van der Waals surface area contributed by atoms with Crippen molar-refractivity contribution >= 4 is 17.3 Å². The van der Waals surface area contributed by atoms with E-state index in [0.29, 0.717) is 11.3 Å². The Hall–Kier alpha value is -1.85. The highest BCUT2D eigenvalue weighted by Crippen LogP contribution is 2.22. The van der Waals surface area contributed by atoms with Crippen LogP contribution in [0.2, 0.25) is 0 Å². The molecule has 0 aliphatic carbocycles. The van der Waals surface area contributed by atoms with Gasteiger partial charge in [-0.1, -0.05) is 0 Å². The molecule has 4 nitrogen and oxygen atoms in total. The Morgan fingerprint density at radius 3 is 2.39 bits per heavy atom. The highest BCUT2D eigenvalue weighted by molar-refractivity contribution is 5.96. The van der Waals surface area contributed by atoms with Gasteiger partial charge in [-0.15, -0.1) is 0 Å². The van der Waals surface area contributed by atoms with E-state index in [1.807, 2.05) is 19.0 Å². The molecule has 1 rings (SSSR count). The van der Waals surface area contributed by atoms with Crippen molar-refractivity contribution in [2.75, 3.05) is 38.3 Å². The number of carbonyl (C=O) groups excluding carboxylic acids is 1. The van der Waals surface area contributed by atoms with Crippen LogP contribution in [0.3, 0.4) is 0 Å². The van der Waals surface area contributed by atoms with E-state index in [2.05, 4.69) is 0 Å². The molecule has 0 saturated carbocycles. The predicted molar refractivity (Wildman–Crippen MR) is 68.1 cm³/mol. The molecule has 1 aromatic rings. The molecule has 2 N–H and O–H groups in total. The number of anilines is 2. The second-order valence-electron chi connectivity index (χ2n) is 4.24. The monoisotopic (exact) mass is 257 g/mol. The van der Waals surface area contributed by atoms with Crippen LogP contribution >= 0.6 is 0 Å². The molecule has 1 aromatic carbocycles.